The van der Waals surface area contributed by atoms with Gasteiger partial charge in [0.15, 0.2) is 0 Å². The van der Waals surface area contributed by atoms with Gasteiger partial charge in [-0.25, -0.2) is 8.42 Å². The Labute approximate surface area is 125 Å². The van der Waals surface area contributed by atoms with E-state index in [2.05, 4.69) is 4.98 Å². The van der Waals surface area contributed by atoms with Crippen LogP contribution in [0.25, 0.3) is 10.9 Å². The molecule has 114 valence electrons. The van der Waals surface area contributed by atoms with E-state index in [1.54, 1.807) is 16.4 Å². The van der Waals surface area contributed by atoms with Gasteiger partial charge in [-0.05, 0) is 56.5 Å². The zero-order valence-corrected chi connectivity index (χ0v) is 13.0. The van der Waals surface area contributed by atoms with Crippen LogP contribution in [0.4, 0.5) is 0 Å². The van der Waals surface area contributed by atoms with E-state index in [9.17, 15) is 8.42 Å². The standard InChI is InChI=1S/C15H21N3O2S/c1-11-13(6-7-16)14-10-12(4-5-15(14)17-11)21(19,20)18-8-2-3-9-18/h4-5,10,17H,2-3,6-9,16H2,1H3. The Balaban J connectivity index is 2.09. The summed E-state index contributed by atoms with van der Waals surface area (Å²) in [5.41, 5.74) is 8.81. The van der Waals surface area contributed by atoms with E-state index in [-0.39, 0.29) is 0 Å². The van der Waals surface area contributed by atoms with Crippen molar-refractivity contribution in [2.24, 2.45) is 5.73 Å². The lowest BCUT2D eigenvalue weighted by atomic mass is 10.1. The van der Waals surface area contributed by atoms with Crippen molar-refractivity contribution < 1.29 is 8.42 Å². The van der Waals surface area contributed by atoms with Crippen molar-refractivity contribution in [3.05, 3.63) is 29.5 Å². The van der Waals surface area contributed by atoms with Crippen LogP contribution in [-0.2, 0) is 16.4 Å². The molecule has 1 saturated heterocycles. The first-order valence-electron chi connectivity index (χ1n) is 7.35. The van der Waals surface area contributed by atoms with Crippen molar-refractivity contribution in [2.75, 3.05) is 19.6 Å². The minimum Gasteiger partial charge on any atom is -0.358 e. The van der Waals surface area contributed by atoms with Crippen molar-refractivity contribution in [3.63, 3.8) is 0 Å². The summed E-state index contributed by atoms with van der Waals surface area (Å²) in [4.78, 5) is 3.68. The molecule has 0 radical (unpaired) electrons. The van der Waals surface area contributed by atoms with Crippen molar-refractivity contribution in [2.45, 2.75) is 31.1 Å². The lowest BCUT2D eigenvalue weighted by molar-refractivity contribution is 0.477. The van der Waals surface area contributed by atoms with E-state index in [0.29, 0.717) is 24.5 Å². The average molecular weight is 307 g/mol. The summed E-state index contributed by atoms with van der Waals surface area (Å²) in [6.07, 6.45) is 2.64. The maximum absolute atomic E-state index is 12.6. The smallest absolute Gasteiger partial charge is 0.243 e. The highest BCUT2D eigenvalue weighted by Crippen LogP contribution is 2.28. The van der Waals surface area contributed by atoms with Gasteiger partial charge in [0.05, 0.1) is 4.90 Å². The maximum atomic E-state index is 12.6. The molecule has 0 bridgehead atoms. The molecule has 1 aliphatic rings. The van der Waals surface area contributed by atoms with Gasteiger partial charge in [-0.15, -0.1) is 0 Å². The molecule has 5 nitrogen and oxygen atoms in total. The van der Waals surface area contributed by atoms with Crippen molar-refractivity contribution >= 4 is 20.9 Å². The summed E-state index contributed by atoms with van der Waals surface area (Å²) in [5, 5.41) is 0.971. The van der Waals surface area contributed by atoms with Crippen LogP contribution < -0.4 is 5.73 Å². The second-order valence-corrected chi connectivity index (χ2v) is 7.52. The van der Waals surface area contributed by atoms with Gasteiger partial charge in [-0.2, -0.15) is 4.31 Å². The molecule has 2 aromatic rings. The molecule has 0 spiro atoms. The molecule has 1 aromatic carbocycles. The first-order valence-corrected chi connectivity index (χ1v) is 8.79. The zero-order chi connectivity index (χ0) is 15.0. The highest BCUT2D eigenvalue weighted by molar-refractivity contribution is 7.89. The number of fused-ring (bicyclic) bond motifs is 1. The lowest BCUT2D eigenvalue weighted by Crippen LogP contribution is -2.27. The fourth-order valence-corrected chi connectivity index (χ4v) is 4.61. The molecule has 0 saturated carbocycles. The lowest BCUT2D eigenvalue weighted by Gasteiger charge is -2.15. The quantitative estimate of drug-likeness (QED) is 0.903. The first kappa shape index (κ1) is 14.6. The molecular formula is C15H21N3O2S. The van der Waals surface area contributed by atoms with E-state index in [1.165, 1.54) is 0 Å². The van der Waals surface area contributed by atoms with E-state index in [0.717, 1.165) is 41.4 Å². The topological polar surface area (TPSA) is 79.2 Å². The predicted octanol–water partition coefficient (Wildman–Crippen LogP) is 1.76. The minimum atomic E-state index is -3.36. The van der Waals surface area contributed by atoms with Gasteiger partial charge in [0.25, 0.3) is 0 Å². The van der Waals surface area contributed by atoms with Crippen LogP contribution in [0.15, 0.2) is 23.1 Å². The summed E-state index contributed by atoms with van der Waals surface area (Å²) >= 11 is 0. The molecule has 0 amide bonds. The number of aromatic amines is 1. The van der Waals surface area contributed by atoms with E-state index in [4.69, 9.17) is 5.73 Å². The van der Waals surface area contributed by atoms with Crippen LogP contribution in [0.5, 0.6) is 0 Å². The third-order valence-corrected chi connectivity index (χ3v) is 6.08. The van der Waals surface area contributed by atoms with Crippen LogP contribution in [-0.4, -0.2) is 37.3 Å². The van der Waals surface area contributed by atoms with Gasteiger partial charge in [0.2, 0.25) is 10.0 Å². The van der Waals surface area contributed by atoms with Crippen molar-refractivity contribution in [3.8, 4) is 0 Å². The molecule has 3 rings (SSSR count). The Morgan fingerprint density at radius 2 is 2.00 bits per heavy atom. The number of benzene rings is 1. The number of rotatable bonds is 4. The second kappa shape index (κ2) is 5.44. The highest BCUT2D eigenvalue weighted by atomic mass is 32.2. The molecule has 2 heterocycles. The third-order valence-electron chi connectivity index (χ3n) is 4.19. The number of hydrogen-bond acceptors (Lipinski definition) is 3. The van der Waals surface area contributed by atoms with Gasteiger partial charge in [0.1, 0.15) is 0 Å². The number of nitrogens with two attached hydrogens (primary N) is 1. The summed E-state index contributed by atoms with van der Waals surface area (Å²) in [6, 6.07) is 5.33. The molecule has 0 aliphatic carbocycles. The van der Waals surface area contributed by atoms with Gasteiger partial charge in [-0.1, -0.05) is 0 Å². The predicted molar refractivity (Wildman–Crippen MR) is 83.8 cm³/mol. The fourth-order valence-electron chi connectivity index (χ4n) is 3.07. The van der Waals surface area contributed by atoms with Crippen LogP contribution in [0.1, 0.15) is 24.1 Å². The van der Waals surface area contributed by atoms with Gasteiger partial charge >= 0.3 is 0 Å². The number of sulfonamides is 1. The molecule has 6 heteroatoms. The second-order valence-electron chi connectivity index (χ2n) is 5.59. The Hall–Kier alpha value is -1.37. The van der Waals surface area contributed by atoms with E-state index < -0.39 is 10.0 Å². The fraction of sp³-hybridized carbons (Fsp3) is 0.467. The summed E-state index contributed by atoms with van der Waals surface area (Å²) in [6.45, 7) is 3.81. The largest absolute Gasteiger partial charge is 0.358 e. The normalized spacial score (nSPS) is 16.9. The van der Waals surface area contributed by atoms with Crippen LogP contribution in [0, 0.1) is 6.92 Å². The highest BCUT2D eigenvalue weighted by Gasteiger charge is 2.27. The average Bonchev–Trinajstić information content (AvgIpc) is 3.08. The van der Waals surface area contributed by atoms with Gasteiger partial charge in [-0.3, -0.25) is 0 Å². The number of aryl methyl sites for hydroxylation is 1. The summed E-state index contributed by atoms with van der Waals surface area (Å²) in [5.74, 6) is 0. The number of H-pyrrole nitrogens is 1. The summed E-state index contributed by atoms with van der Waals surface area (Å²) < 4.78 is 26.9. The van der Waals surface area contributed by atoms with Crippen LogP contribution >= 0.6 is 0 Å². The number of nitrogens with one attached hydrogen (secondary N) is 1. The molecule has 0 unspecified atom stereocenters. The van der Waals surface area contributed by atoms with Crippen molar-refractivity contribution in [1.29, 1.82) is 0 Å². The zero-order valence-electron chi connectivity index (χ0n) is 12.2. The summed E-state index contributed by atoms with van der Waals surface area (Å²) in [7, 11) is -3.36. The molecule has 21 heavy (non-hydrogen) atoms. The Morgan fingerprint density at radius 3 is 2.67 bits per heavy atom. The first-order chi connectivity index (χ1) is 10.0. The maximum Gasteiger partial charge on any atom is 0.243 e. The molecular weight excluding hydrogens is 286 g/mol. The molecule has 1 aromatic heterocycles. The number of aromatic nitrogens is 1. The minimum absolute atomic E-state index is 0.383. The monoisotopic (exact) mass is 307 g/mol. The van der Waals surface area contributed by atoms with E-state index in [1.807, 2.05) is 13.0 Å². The number of nitrogens with zero attached hydrogens (tertiary/aromatic N) is 1. The van der Waals surface area contributed by atoms with Crippen LogP contribution in [0.2, 0.25) is 0 Å². The van der Waals surface area contributed by atoms with E-state index >= 15 is 0 Å². The Morgan fingerprint density at radius 1 is 1.29 bits per heavy atom. The molecule has 1 aliphatic heterocycles. The van der Waals surface area contributed by atoms with Gasteiger partial charge in [0, 0.05) is 29.7 Å². The van der Waals surface area contributed by atoms with Crippen molar-refractivity contribution in [1.82, 2.24) is 9.29 Å². The molecule has 3 N–H and O–H groups in total. The SMILES string of the molecule is Cc1[nH]c2ccc(S(=O)(=O)N3CCCC3)cc2c1CCN. The molecule has 1 fully saturated rings. The molecule has 0 atom stereocenters. The number of hydrogen-bond donors (Lipinski definition) is 2. The Kier molecular flexibility index (Phi) is 3.77. The van der Waals surface area contributed by atoms with Crippen LogP contribution in [0.3, 0.4) is 0 Å². The van der Waals surface area contributed by atoms with Gasteiger partial charge < -0.3 is 10.7 Å². The Bertz CT molecular complexity index is 759. The third kappa shape index (κ3) is 2.47.